The molecule has 1 aliphatic heterocycles. The Balaban J connectivity index is 1.57. The van der Waals surface area contributed by atoms with Gasteiger partial charge in [0.2, 0.25) is 0 Å². The fraction of sp³-hybridized carbons (Fsp3) is 0.462. The molecule has 1 atom stereocenters. The van der Waals surface area contributed by atoms with Gasteiger partial charge in [0.05, 0.1) is 29.3 Å². The Hall–Kier alpha value is -2.86. The Morgan fingerprint density at radius 3 is 2.66 bits per heavy atom. The van der Waals surface area contributed by atoms with Crippen molar-refractivity contribution in [1.29, 1.82) is 0 Å². The van der Waals surface area contributed by atoms with Crippen LogP contribution in [-0.2, 0) is 19.6 Å². The van der Waals surface area contributed by atoms with E-state index in [4.69, 9.17) is 10.7 Å². The van der Waals surface area contributed by atoms with Crippen molar-refractivity contribution in [1.82, 2.24) is 14.5 Å². The first-order valence-corrected chi connectivity index (χ1v) is 11.8. The minimum absolute atomic E-state index is 0.101. The Bertz CT molecular complexity index is 1150. The molecular formula is C26H33N5O. The fourth-order valence-corrected chi connectivity index (χ4v) is 4.87. The van der Waals surface area contributed by atoms with Crippen molar-refractivity contribution in [3.63, 3.8) is 0 Å². The number of urea groups is 1. The standard InChI is InChI=1S/C26H33N5O/c1-17(2)12-13-29-24-11-8-19(15-27)14-22(24)28-25(29)16-30-23-7-5-4-6-21(23)18(3)31(26(30)32)20-9-10-20/h4-8,11,14,17-18,20H,9-10,12-13,15-16,27H2,1-3H3. The molecule has 2 amide bonds. The van der Waals surface area contributed by atoms with Gasteiger partial charge in [0.25, 0.3) is 0 Å². The molecule has 2 aromatic carbocycles. The summed E-state index contributed by atoms with van der Waals surface area (Å²) in [4.78, 5) is 22.7. The summed E-state index contributed by atoms with van der Waals surface area (Å²) in [5, 5.41) is 0. The molecule has 5 rings (SSSR count). The van der Waals surface area contributed by atoms with Crippen molar-refractivity contribution >= 4 is 22.8 Å². The number of amides is 2. The number of rotatable bonds is 7. The van der Waals surface area contributed by atoms with E-state index in [1.807, 2.05) is 11.0 Å². The van der Waals surface area contributed by atoms with Gasteiger partial charge in [-0.3, -0.25) is 4.90 Å². The van der Waals surface area contributed by atoms with Gasteiger partial charge in [-0.15, -0.1) is 0 Å². The lowest BCUT2D eigenvalue weighted by atomic mass is 10.0. The average molecular weight is 432 g/mol. The third-order valence-corrected chi connectivity index (χ3v) is 6.84. The van der Waals surface area contributed by atoms with E-state index < -0.39 is 0 Å². The van der Waals surface area contributed by atoms with E-state index in [0.717, 1.165) is 53.9 Å². The van der Waals surface area contributed by atoms with Crippen LogP contribution in [0.25, 0.3) is 11.0 Å². The molecule has 0 spiro atoms. The normalized spacial score (nSPS) is 18.7. The molecule has 32 heavy (non-hydrogen) atoms. The van der Waals surface area contributed by atoms with Crippen LogP contribution in [0, 0.1) is 5.92 Å². The monoisotopic (exact) mass is 431 g/mol. The highest BCUT2D eigenvalue weighted by Gasteiger charge is 2.43. The topological polar surface area (TPSA) is 67.4 Å². The number of benzene rings is 2. The van der Waals surface area contributed by atoms with Crippen LogP contribution < -0.4 is 10.6 Å². The van der Waals surface area contributed by atoms with E-state index in [1.165, 1.54) is 5.56 Å². The number of carbonyl (C=O) groups is 1. The number of aryl methyl sites for hydroxylation is 1. The van der Waals surface area contributed by atoms with Gasteiger partial charge in [-0.25, -0.2) is 9.78 Å². The molecule has 1 saturated carbocycles. The first kappa shape index (κ1) is 21.0. The highest BCUT2D eigenvalue weighted by atomic mass is 16.2. The summed E-state index contributed by atoms with van der Waals surface area (Å²) >= 11 is 0. The molecule has 3 aromatic rings. The third kappa shape index (κ3) is 3.66. The van der Waals surface area contributed by atoms with Crippen LogP contribution in [0.2, 0.25) is 0 Å². The summed E-state index contributed by atoms with van der Waals surface area (Å²) in [5.74, 6) is 1.52. The van der Waals surface area contributed by atoms with Crippen LogP contribution in [0.1, 0.15) is 63.0 Å². The minimum Gasteiger partial charge on any atom is -0.326 e. The van der Waals surface area contributed by atoms with Crippen molar-refractivity contribution in [2.24, 2.45) is 11.7 Å². The van der Waals surface area contributed by atoms with Gasteiger partial charge in [0.1, 0.15) is 5.82 Å². The molecule has 1 aromatic heterocycles. The molecule has 2 N–H and O–H groups in total. The smallest absolute Gasteiger partial charge is 0.325 e. The van der Waals surface area contributed by atoms with Gasteiger partial charge in [-0.05, 0) is 61.4 Å². The molecular weight excluding hydrogens is 398 g/mol. The van der Waals surface area contributed by atoms with Gasteiger partial charge >= 0.3 is 6.03 Å². The summed E-state index contributed by atoms with van der Waals surface area (Å²) in [7, 11) is 0. The summed E-state index contributed by atoms with van der Waals surface area (Å²) < 4.78 is 2.30. The first-order chi connectivity index (χ1) is 15.5. The van der Waals surface area contributed by atoms with Crippen LogP contribution in [0.3, 0.4) is 0 Å². The van der Waals surface area contributed by atoms with Crippen LogP contribution in [0.4, 0.5) is 10.5 Å². The molecule has 168 valence electrons. The number of carbonyl (C=O) groups excluding carboxylic acids is 1. The number of anilines is 1. The quantitative estimate of drug-likeness (QED) is 0.559. The lowest BCUT2D eigenvalue weighted by Crippen LogP contribution is -2.49. The van der Waals surface area contributed by atoms with Gasteiger partial charge in [-0.1, -0.05) is 38.1 Å². The van der Waals surface area contributed by atoms with Gasteiger partial charge < -0.3 is 15.2 Å². The zero-order valence-electron chi connectivity index (χ0n) is 19.3. The summed E-state index contributed by atoms with van der Waals surface area (Å²) in [5.41, 5.74) is 11.2. The lowest BCUT2D eigenvalue weighted by molar-refractivity contribution is 0.176. The van der Waals surface area contributed by atoms with E-state index in [0.29, 0.717) is 25.0 Å². The van der Waals surface area contributed by atoms with Gasteiger partial charge in [0.15, 0.2) is 0 Å². The van der Waals surface area contributed by atoms with Crippen molar-refractivity contribution in [3.8, 4) is 0 Å². The van der Waals surface area contributed by atoms with Crippen LogP contribution in [0.5, 0.6) is 0 Å². The van der Waals surface area contributed by atoms with Crippen LogP contribution in [0.15, 0.2) is 42.5 Å². The number of imidazole rings is 1. The zero-order chi connectivity index (χ0) is 22.4. The molecule has 1 unspecified atom stereocenters. The van der Waals surface area contributed by atoms with Crippen molar-refractivity contribution in [3.05, 3.63) is 59.4 Å². The second-order valence-corrected chi connectivity index (χ2v) is 9.63. The predicted molar refractivity (Wildman–Crippen MR) is 128 cm³/mol. The highest BCUT2D eigenvalue weighted by Crippen LogP contribution is 2.43. The molecule has 2 aliphatic rings. The second kappa shape index (κ2) is 8.24. The maximum atomic E-state index is 13.7. The SMILES string of the molecule is CC(C)CCn1c(CN2C(=O)N(C3CC3)C(C)c3ccccc32)nc2cc(CN)ccc21. The molecule has 6 nitrogen and oxygen atoms in total. The lowest BCUT2D eigenvalue weighted by Gasteiger charge is -2.41. The molecule has 6 heteroatoms. The van der Waals surface area contributed by atoms with Crippen molar-refractivity contribution in [2.45, 2.75) is 71.8 Å². The number of aromatic nitrogens is 2. The molecule has 0 saturated heterocycles. The third-order valence-electron chi connectivity index (χ3n) is 6.84. The van der Waals surface area contributed by atoms with E-state index in [9.17, 15) is 4.79 Å². The van der Waals surface area contributed by atoms with E-state index in [1.54, 1.807) is 0 Å². The summed E-state index contributed by atoms with van der Waals surface area (Å²) in [6.45, 7) is 8.48. The van der Waals surface area contributed by atoms with E-state index in [2.05, 4.69) is 66.6 Å². The Kier molecular flexibility index (Phi) is 5.41. The number of hydrogen-bond acceptors (Lipinski definition) is 3. The van der Waals surface area contributed by atoms with E-state index >= 15 is 0 Å². The molecule has 1 aliphatic carbocycles. The highest BCUT2D eigenvalue weighted by molar-refractivity contribution is 5.96. The first-order valence-electron chi connectivity index (χ1n) is 11.8. The maximum absolute atomic E-state index is 13.7. The van der Waals surface area contributed by atoms with Gasteiger partial charge in [0, 0.05) is 19.1 Å². The molecule has 0 bridgehead atoms. The van der Waals surface area contributed by atoms with E-state index in [-0.39, 0.29) is 12.1 Å². The number of nitrogens with two attached hydrogens (primary N) is 1. The number of hydrogen-bond donors (Lipinski definition) is 1. The number of nitrogens with zero attached hydrogens (tertiary/aromatic N) is 4. The Morgan fingerprint density at radius 1 is 1.16 bits per heavy atom. The number of para-hydroxylation sites is 1. The molecule has 1 fully saturated rings. The average Bonchev–Trinajstić information content (AvgIpc) is 3.56. The Labute approximate surface area is 190 Å². The van der Waals surface area contributed by atoms with Crippen molar-refractivity contribution < 1.29 is 4.79 Å². The largest absolute Gasteiger partial charge is 0.326 e. The minimum atomic E-state index is 0.101. The summed E-state index contributed by atoms with van der Waals surface area (Å²) in [6.07, 6.45) is 3.26. The van der Waals surface area contributed by atoms with Crippen LogP contribution >= 0.6 is 0 Å². The molecule has 2 heterocycles. The maximum Gasteiger partial charge on any atom is 0.325 e. The molecule has 0 radical (unpaired) electrons. The van der Waals surface area contributed by atoms with Crippen LogP contribution in [-0.4, -0.2) is 26.5 Å². The van der Waals surface area contributed by atoms with Crippen molar-refractivity contribution in [2.75, 3.05) is 4.90 Å². The predicted octanol–water partition coefficient (Wildman–Crippen LogP) is 5.21. The van der Waals surface area contributed by atoms with Gasteiger partial charge in [-0.2, -0.15) is 0 Å². The Morgan fingerprint density at radius 2 is 1.94 bits per heavy atom. The second-order valence-electron chi connectivity index (χ2n) is 9.63. The summed E-state index contributed by atoms with van der Waals surface area (Å²) in [6, 6.07) is 15.2. The number of fused-ring (bicyclic) bond motifs is 2. The fourth-order valence-electron chi connectivity index (χ4n) is 4.87. The zero-order valence-corrected chi connectivity index (χ0v) is 19.3.